The number of piperidine rings is 2. The highest BCUT2D eigenvalue weighted by atomic mass is 16.2. The second-order valence-corrected chi connectivity index (χ2v) is 15.2. The SMILES string of the molecule is CCCCCCCCCCCC(=O)NNC(=O)C(=O)N(C1CC(C)(C)NC(C)(C)C1)C1CC(C)(C)NC(C)(C)C1. The van der Waals surface area contributed by atoms with Crippen LogP contribution in [0.1, 0.15) is 152 Å². The maximum Gasteiger partial charge on any atom is 0.327 e. The van der Waals surface area contributed by atoms with Crippen LogP contribution in [0.5, 0.6) is 0 Å². The van der Waals surface area contributed by atoms with Crippen LogP contribution in [0.4, 0.5) is 0 Å². The summed E-state index contributed by atoms with van der Waals surface area (Å²) in [7, 11) is 0. The van der Waals surface area contributed by atoms with Crippen LogP contribution in [0.25, 0.3) is 0 Å². The number of amides is 3. The summed E-state index contributed by atoms with van der Waals surface area (Å²) in [5.74, 6) is -1.56. The molecule has 2 heterocycles. The number of hydrazine groups is 1. The molecule has 3 amide bonds. The number of unbranched alkanes of at least 4 members (excludes halogenated alkanes) is 8. The van der Waals surface area contributed by atoms with E-state index in [0.717, 1.165) is 44.9 Å². The molecule has 4 N–H and O–H groups in total. The van der Waals surface area contributed by atoms with Crippen molar-refractivity contribution < 1.29 is 14.4 Å². The van der Waals surface area contributed by atoms with E-state index in [1.54, 1.807) is 0 Å². The maximum absolute atomic E-state index is 13.8. The third-order valence-electron chi connectivity index (χ3n) is 8.38. The van der Waals surface area contributed by atoms with Gasteiger partial charge in [-0.25, -0.2) is 0 Å². The molecule has 0 aromatic heterocycles. The fraction of sp³-hybridized carbons (Fsp3) is 0.906. The Morgan fingerprint density at radius 2 is 1.00 bits per heavy atom. The molecule has 232 valence electrons. The second kappa shape index (κ2) is 14.5. The van der Waals surface area contributed by atoms with Crippen molar-refractivity contribution in [3.05, 3.63) is 0 Å². The van der Waals surface area contributed by atoms with E-state index in [1.807, 2.05) is 4.90 Å². The minimum atomic E-state index is -0.760. The Kier molecular flexibility index (Phi) is 12.5. The van der Waals surface area contributed by atoms with Gasteiger partial charge in [0.1, 0.15) is 0 Å². The van der Waals surface area contributed by atoms with Crippen molar-refractivity contribution in [2.45, 2.75) is 186 Å². The number of hydrogen-bond donors (Lipinski definition) is 4. The molecule has 0 aromatic carbocycles. The van der Waals surface area contributed by atoms with E-state index in [1.165, 1.54) is 38.5 Å². The summed E-state index contributed by atoms with van der Waals surface area (Å²) in [4.78, 5) is 41.3. The van der Waals surface area contributed by atoms with Gasteiger partial charge in [-0.1, -0.05) is 58.3 Å². The number of carbonyl (C=O) groups excluding carboxylic acids is 3. The van der Waals surface area contributed by atoms with Gasteiger partial charge in [-0.2, -0.15) is 0 Å². The summed E-state index contributed by atoms with van der Waals surface area (Å²) in [6.07, 6.45) is 13.9. The predicted molar refractivity (Wildman–Crippen MR) is 164 cm³/mol. The Bertz CT molecular complexity index is 781. The molecule has 2 aliphatic rings. The van der Waals surface area contributed by atoms with Crippen LogP contribution >= 0.6 is 0 Å². The lowest BCUT2D eigenvalue weighted by atomic mass is 9.75. The lowest BCUT2D eigenvalue weighted by Crippen LogP contribution is -2.69. The average Bonchev–Trinajstić information content (AvgIpc) is 2.77. The smallest absolute Gasteiger partial charge is 0.327 e. The summed E-state index contributed by atoms with van der Waals surface area (Å²) in [5, 5.41) is 7.39. The van der Waals surface area contributed by atoms with Crippen molar-refractivity contribution in [2.24, 2.45) is 0 Å². The molecule has 40 heavy (non-hydrogen) atoms. The maximum atomic E-state index is 13.8. The molecular formula is C32H61N5O3. The molecule has 0 aromatic rings. The Morgan fingerprint density at radius 3 is 1.40 bits per heavy atom. The van der Waals surface area contributed by atoms with Crippen LogP contribution in [0.15, 0.2) is 0 Å². The van der Waals surface area contributed by atoms with Crippen molar-refractivity contribution in [1.29, 1.82) is 0 Å². The molecule has 2 aliphatic heterocycles. The lowest BCUT2D eigenvalue weighted by Gasteiger charge is -2.55. The lowest BCUT2D eigenvalue weighted by molar-refractivity contribution is -0.153. The monoisotopic (exact) mass is 563 g/mol. The number of hydrogen-bond acceptors (Lipinski definition) is 5. The topological polar surface area (TPSA) is 103 Å². The molecule has 0 aliphatic carbocycles. The van der Waals surface area contributed by atoms with Crippen molar-refractivity contribution in [2.75, 3.05) is 0 Å². The molecule has 2 saturated heterocycles. The van der Waals surface area contributed by atoms with E-state index in [2.05, 4.69) is 83.8 Å². The molecule has 8 nitrogen and oxygen atoms in total. The minimum Gasteiger partial charge on any atom is -0.328 e. The fourth-order valence-electron chi connectivity index (χ4n) is 7.52. The van der Waals surface area contributed by atoms with Crippen LogP contribution in [-0.2, 0) is 14.4 Å². The average molecular weight is 564 g/mol. The van der Waals surface area contributed by atoms with Crippen LogP contribution in [0.3, 0.4) is 0 Å². The summed E-state index contributed by atoms with van der Waals surface area (Å²) in [6.45, 7) is 19.5. The molecule has 0 saturated carbocycles. The Labute approximate surface area is 244 Å². The van der Waals surface area contributed by atoms with Crippen molar-refractivity contribution >= 4 is 17.7 Å². The summed E-state index contributed by atoms with van der Waals surface area (Å²) < 4.78 is 0. The summed E-state index contributed by atoms with van der Waals surface area (Å²) >= 11 is 0. The van der Waals surface area contributed by atoms with E-state index in [9.17, 15) is 14.4 Å². The zero-order valence-corrected chi connectivity index (χ0v) is 27.2. The molecule has 8 heteroatoms. The first kappa shape index (κ1) is 34.5. The number of rotatable bonds is 12. The standard InChI is InChI=1S/C32H61N5O3/c1-10-11-12-13-14-15-16-17-18-19-26(38)33-34-27(39)28(40)37(24-20-29(2,3)35-30(4,5)21-24)25-22-31(6,7)36-32(8,9)23-25/h24-25,35-36H,10-23H2,1-9H3,(H,33,38)(H,34,39). The van der Waals surface area contributed by atoms with Gasteiger partial charge in [0.2, 0.25) is 5.91 Å². The molecule has 0 atom stereocenters. The van der Waals surface area contributed by atoms with Gasteiger partial charge in [0.05, 0.1) is 0 Å². The van der Waals surface area contributed by atoms with E-state index >= 15 is 0 Å². The van der Waals surface area contributed by atoms with Crippen LogP contribution in [-0.4, -0.2) is 56.9 Å². The highest BCUT2D eigenvalue weighted by Gasteiger charge is 2.48. The molecule has 2 rings (SSSR count). The van der Waals surface area contributed by atoms with E-state index in [-0.39, 0.29) is 40.1 Å². The number of nitrogens with one attached hydrogen (secondary N) is 4. The zero-order chi connectivity index (χ0) is 30.2. The zero-order valence-electron chi connectivity index (χ0n) is 27.2. The largest absolute Gasteiger partial charge is 0.328 e. The van der Waals surface area contributed by atoms with Crippen molar-refractivity contribution in [1.82, 2.24) is 26.4 Å². The number of nitrogens with zero attached hydrogens (tertiary/aromatic N) is 1. The highest BCUT2D eigenvalue weighted by molar-refractivity contribution is 6.35. The minimum absolute atomic E-state index is 0.0862. The summed E-state index contributed by atoms with van der Waals surface area (Å²) in [6, 6.07) is -0.172. The van der Waals surface area contributed by atoms with Gasteiger partial charge in [-0.15, -0.1) is 0 Å². The predicted octanol–water partition coefficient (Wildman–Crippen LogP) is 5.50. The highest BCUT2D eigenvalue weighted by Crippen LogP contribution is 2.38. The van der Waals surface area contributed by atoms with Gasteiger partial charge >= 0.3 is 11.8 Å². The molecule has 0 radical (unpaired) electrons. The Balaban J connectivity index is 1.99. The Morgan fingerprint density at radius 1 is 0.625 bits per heavy atom. The number of carbonyl (C=O) groups is 3. The molecule has 0 unspecified atom stereocenters. The normalized spacial score (nSPS) is 21.9. The van der Waals surface area contributed by atoms with Crippen molar-refractivity contribution in [3.63, 3.8) is 0 Å². The first-order valence-electron chi connectivity index (χ1n) is 16.0. The van der Waals surface area contributed by atoms with Crippen LogP contribution in [0, 0.1) is 0 Å². The molecule has 0 bridgehead atoms. The van der Waals surface area contributed by atoms with Gasteiger partial charge in [-0.05, 0) is 87.5 Å². The van der Waals surface area contributed by atoms with E-state index < -0.39 is 11.8 Å². The van der Waals surface area contributed by atoms with Gasteiger partial charge in [-0.3, -0.25) is 25.2 Å². The quantitative estimate of drug-likeness (QED) is 0.143. The molecule has 2 fully saturated rings. The van der Waals surface area contributed by atoms with Crippen LogP contribution in [0.2, 0.25) is 0 Å². The Hall–Kier alpha value is -1.67. The van der Waals surface area contributed by atoms with Crippen LogP contribution < -0.4 is 21.5 Å². The van der Waals surface area contributed by atoms with E-state index in [4.69, 9.17) is 0 Å². The summed E-state index contributed by atoms with van der Waals surface area (Å²) in [5.41, 5.74) is 4.24. The van der Waals surface area contributed by atoms with Crippen molar-refractivity contribution in [3.8, 4) is 0 Å². The van der Waals surface area contributed by atoms with Gasteiger partial charge in [0.25, 0.3) is 0 Å². The van der Waals surface area contributed by atoms with Gasteiger partial charge < -0.3 is 15.5 Å². The van der Waals surface area contributed by atoms with Gasteiger partial charge in [0.15, 0.2) is 0 Å². The second-order valence-electron chi connectivity index (χ2n) is 15.2. The van der Waals surface area contributed by atoms with Gasteiger partial charge in [0, 0.05) is 40.7 Å². The molecule has 0 spiro atoms. The first-order valence-corrected chi connectivity index (χ1v) is 16.0. The third kappa shape index (κ3) is 11.7. The fourth-order valence-corrected chi connectivity index (χ4v) is 7.52. The first-order chi connectivity index (χ1) is 18.5. The third-order valence-corrected chi connectivity index (χ3v) is 8.38. The molecular weight excluding hydrogens is 502 g/mol. The van der Waals surface area contributed by atoms with E-state index in [0.29, 0.717) is 6.42 Å².